The van der Waals surface area contributed by atoms with E-state index in [1.165, 1.54) is 12.8 Å². The maximum Gasteiger partial charge on any atom is 0.0762 e. The number of rotatable bonds is 5. The van der Waals surface area contributed by atoms with Crippen LogP contribution in [-0.4, -0.2) is 17.7 Å². The molecule has 0 spiro atoms. The lowest BCUT2D eigenvalue weighted by molar-refractivity contribution is 0.199. The Kier molecular flexibility index (Phi) is 3.95. The maximum absolute atomic E-state index is 9.53. The Hall–Kier alpha value is -0.730. The molecule has 17 heavy (non-hydrogen) atoms. The van der Waals surface area contributed by atoms with Crippen molar-refractivity contribution in [3.8, 4) is 0 Å². The van der Waals surface area contributed by atoms with Crippen LogP contribution in [0.3, 0.4) is 0 Å². The first-order valence-electron chi connectivity index (χ1n) is 6.37. The summed E-state index contributed by atoms with van der Waals surface area (Å²) in [4.78, 5) is 2.40. The molecule has 2 nitrogen and oxygen atoms in total. The summed E-state index contributed by atoms with van der Waals surface area (Å²) in [5.74, 6) is 0. The molecule has 1 aromatic rings. The standard InChI is InChI=1S/C14H20ClNO/c1-3-8-16(12-5-6-12)14-7-4-11(10(2)17)9-13(14)15/h4,7,9-10,12,17H,3,5-6,8H2,1-2H3. The first-order valence-corrected chi connectivity index (χ1v) is 6.75. The van der Waals surface area contributed by atoms with Gasteiger partial charge in [-0.25, -0.2) is 0 Å². The third kappa shape index (κ3) is 2.93. The van der Waals surface area contributed by atoms with Gasteiger partial charge in [0.1, 0.15) is 0 Å². The molecule has 1 fully saturated rings. The van der Waals surface area contributed by atoms with Gasteiger partial charge < -0.3 is 10.0 Å². The average molecular weight is 254 g/mol. The number of halogens is 1. The van der Waals surface area contributed by atoms with E-state index in [1.54, 1.807) is 6.92 Å². The topological polar surface area (TPSA) is 23.5 Å². The van der Waals surface area contributed by atoms with E-state index in [1.807, 2.05) is 18.2 Å². The zero-order valence-electron chi connectivity index (χ0n) is 10.5. The van der Waals surface area contributed by atoms with Crippen molar-refractivity contribution < 1.29 is 5.11 Å². The van der Waals surface area contributed by atoms with Gasteiger partial charge in [0.05, 0.1) is 16.8 Å². The quantitative estimate of drug-likeness (QED) is 0.864. The smallest absolute Gasteiger partial charge is 0.0762 e. The number of anilines is 1. The van der Waals surface area contributed by atoms with Crippen LogP contribution in [0.4, 0.5) is 5.69 Å². The summed E-state index contributed by atoms with van der Waals surface area (Å²) in [6, 6.07) is 6.56. The van der Waals surface area contributed by atoms with Crippen molar-refractivity contribution in [1.82, 2.24) is 0 Å². The number of aliphatic hydroxyl groups excluding tert-OH is 1. The van der Waals surface area contributed by atoms with Gasteiger partial charge in [-0.15, -0.1) is 0 Å². The molecule has 2 rings (SSSR count). The summed E-state index contributed by atoms with van der Waals surface area (Å²) >= 11 is 6.32. The molecule has 1 aliphatic rings. The second-order valence-electron chi connectivity index (χ2n) is 4.81. The Bertz CT molecular complexity index is 388. The summed E-state index contributed by atoms with van der Waals surface area (Å²) in [5, 5.41) is 10.3. The lowest BCUT2D eigenvalue weighted by Gasteiger charge is -2.25. The molecule has 94 valence electrons. The molecule has 1 atom stereocenters. The van der Waals surface area contributed by atoms with Crippen molar-refractivity contribution in [3.63, 3.8) is 0 Å². The average Bonchev–Trinajstić information content (AvgIpc) is 3.10. The fraction of sp³-hybridized carbons (Fsp3) is 0.571. The molecule has 0 bridgehead atoms. The molecular formula is C14H20ClNO. The Morgan fingerprint density at radius 1 is 1.47 bits per heavy atom. The molecule has 3 heteroatoms. The van der Waals surface area contributed by atoms with Crippen LogP contribution < -0.4 is 4.90 Å². The van der Waals surface area contributed by atoms with E-state index < -0.39 is 6.10 Å². The van der Waals surface area contributed by atoms with E-state index >= 15 is 0 Å². The fourth-order valence-corrected chi connectivity index (χ4v) is 2.44. The van der Waals surface area contributed by atoms with Gasteiger partial charge >= 0.3 is 0 Å². The maximum atomic E-state index is 9.53. The van der Waals surface area contributed by atoms with Gasteiger partial charge in [-0.1, -0.05) is 24.6 Å². The molecule has 0 aliphatic heterocycles. The van der Waals surface area contributed by atoms with Crippen molar-refractivity contribution in [2.45, 2.75) is 45.3 Å². The number of nitrogens with zero attached hydrogens (tertiary/aromatic N) is 1. The van der Waals surface area contributed by atoms with Crippen molar-refractivity contribution in [3.05, 3.63) is 28.8 Å². The van der Waals surface area contributed by atoms with Crippen LogP contribution in [-0.2, 0) is 0 Å². The summed E-state index contributed by atoms with van der Waals surface area (Å²) in [6.45, 7) is 5.00. The highest BCUT2D eigenvalue weighted by atomic mass is 35.5. The highest BCUT2D eigenvalue weighted by Gasteiger charge is 2.29. The van der Waals surface area contributed by atoms with Crippen LogP contribution in [0.5, 0.6) is 0 Å². The van der Waals surface area contributed by atoms with Gasteiger partial charge in [-0.2, -0.15) is 0 Å². The molecule has 0 amide bonds. The van der Waals surface area contributed by atoms with Crippen LogP contribution in [0, 0.1) is 0 Å². The zero-order chi connectivity index (χ0) is 12.4. The molecule has 1 aliphatic carbocycles. The molecule has 0 radical (unpaired) electrons. The number of benzene rings is 1. The van der Waals surface area contributed by atoms with Crippen LogP contribution in [0.25, 0.3) is 0 Å². The van der Waals surface area contributed by atoms with E-state index in [4.69, 9.17) is 11.6 Å². The van der Waals surface area contributed by atoms with E-state index in [0.717, 1.165) is 29.2 Å². The molecule has 1 N–H and O–H groups in total. The number of hydrogen-bond donors (Lipinski definition) is 1. The number of aliphatic hydroxyl groups is 1. The molecule has 0 saturated heterocycles. The highest BCUT2D eigenvalue weighted by Crippen LogP contribution is 2.36. The predicted octanol–water partition coefficient (Wildman–Crippen LogP) is 3.77. The largest absolute Gasteiger partial charge is 0.389 e. The first-order chi connectivity index (χ1) is 8.13. The van der Waals surface area contributed by atoms with Crippen molar-refractivity contribution >= 4 is 17.3 Å². The Balaban J connectivity index is 2.24. The monoisotopic (exact) mass is 253 g/mol. The summed E-state index contributed by atoms with van der Waals surface area (Å²) in [6.07, 6.45) is 3.22. The molecular weight excluding hydrogens is 234 g/mol. The minimum atomic E-state index is -0.456. The second kappa shape index (κ2) is 5.28. The van der Waals surface area contributed by atoms with Gasteiger partial charge in [0.25, 0.3) is 0 Å². The fourth-order valence-electron chi connectivity index (χ4n) is 2.14. The van der Waals surface area contributed by atoms with Gasteiger partial charge in [0.15, 0.2) is 0 Å². The molecule has 0 aromatic heterocycles. The van der Waals surface area contributed by atoms with Crippen molar-refractivity contribution in [1.29, 1.82) is 0 Å². The highest BCUT2D eigenvalue weighted by molar-refractivity contribution is 6.33. The van der Waals surface area contributed by atoms with Gasteiger partial charge in [-0.3, -0.25) is 0 Å². The summed E-state index contributed by atoms with van der Waals surface area (Å²) < 4.78 is 0. The van der Waals surface area contributed by atoms with E-state index in [-0.39, 0.29) is 0 Å². The zero-order valence-corrected chi connectivity index (χ0v) is 11.2. The van der Waals surface area contributed by atoms with E-state index in [0.29, 0.717) is 6.04 Å². The Morgan fingerprint density at radius 3 is 2.65 bits per heavy atom. The Morgan fingerprint density at radius 2 is 2.18 bits per heavy atom. The molecule has 1 unspecified atom stereocenters. The minimum absolute atomic E-state index is 0.456. The van der Waals surface area contributed by atoms with E-state index in [2.05, 4.69) is 11.8 Å². The minimum Gasteiger partial charge on any atom is -0.389 e. The van der Waals surface area contributed by atoms with Gasteiger partial charge in [0, 0.05) is 12.6 Å². The SMILES string of the molecule is CCCN(c1ccc(C(C)O)cc1Cl)C1CC1. The van der Waals surface area contributed by atoms with Crippen LogP contribution in [0.2, 0.25) is 5.02 Å². The van der Waals surface area contributed by atoms with Crippen molar-refractivity contribution in [2.75, 3.05) is 11.4 Å². The van der Waals surface area contributed by atoms with Crippen molar-refractivity contribution in [2.24, 2.45) is 0 Å². The summed E-state index contributed by atoms with van der Waals surface area (Å²) in [7, 11) is 0. The van der Waals surface area contributed by atoms with E-state index in [9.17, 15) is 5.11 Å². The van der Waals surface area contributed by atoms with Crippen LogP contribution in [0.15, 0.2) is 18.2 Å². The molecule has 0 heterocycles. The van der Waals surface area contributed by atoms with Gasteiger partial charge in [0.2, 0.25) is 0 Å². The number of hydrogen-bond acceptors (Lipinski definition) is 2. The van der Waals surface area contributed by atoms with Gasteiger partial charge in [-0.05, 0) is 43.9 Å². The normalized spacial score (nSPS) is 16.9. The first kappa shape index (κ1) is 12.7. The summed E-state index contributed by atoms with van der Waals surface area (Å²) in [5.41, 5.74) is 1.99. The van der Waals surface area contributed by atoms with Crippen LogP contribution >= 0.6 is 11.6 Å². The Labute approximate surface area is 108 Å². The molecule has 1 saturated carbocycles. The lowest BCUT2D eigenvalue weighted by Crippen LogP contribution is -2.26. The predicted molar refractivity (Wildman–Crippen MR) is 72.7 cm³/mol. The van der Waals surface area contributed by atoms with Crippen LogP contribution in [0.1, 0.15) is 44.8 Å². The third-order valence-corrected chi connectivity index (χ3v) is 3.52. The second-order valence-corrected chi connectivity index (χ2v) is 5.22. The third-order valence-electron chi connectivity index (χ3n) is 3.22. The molecule has 1 aromatic carbocycles. The lowest BCUT2D eigenvalue weighted by atomic mass is 10.1.